The predicted molar refractivity (Wildman–Crippen MR) is 72.5 cm³/mol. The topological polar surface area (TPSA) is 66.4 Å². The van der Waals surface area contributed by atoms with Gasteiger partial charge in [-0.1, -0.05) is 38.3 Å². The average Bonchev–Trinajstić information content (AvgIpc) is 2.98. The van der Waals surface area contributed by atoms with Gasteiger partial charge >= 0.3 is 5.97 Å². The first kappa shape index (κ1) is 14.1. The quantitative estimate of drug-likeness (QED) is 0.548. The van der Waals surface area contributed by atoms with Crippen LogP contribution in [0.2, 0.25) is 0 Å². The van der Waals surface area contributed by atoms with Gasteiger partial charge in [0.2, 0.25) is 5.91 Å². The van der Waals surface area contributed by atoms with E-state index in [4.69, 9.17) is 0 Å². The summed E-state index contributed by atoms with van der Waals surface area (Å²) in [7, 11) is 0. The molecule has 2 N–H and O–H groups in total. The number of hydrogen-bond donors (Lipinski definition) is 2. The highest BCUT2D eigenvalue weighted by Crippen LogP contribution is 2.48. The highest BCUT2D eigenvalue weighted by atomic mass is 16.4. The van der Waals surface area contributed by atoms with E-state index in [-0.39, 0.29) is 23.7 Å². The van der Waals surface area contributed by atoms with Gasteiger partial charge in [0.25, 0.3) is 0 Å². The lowest BCUT2D eigenvalue weighted by Gasteiger charge is -2.23. The van der Waals surface area contributed by atoms with Gasteiger partial charge in [0.15, 0.2) is 0 Å². The summed E-state index contributed by atoms with van der Waals surface area (Å²) in [6.07, 6.45) is 9.27. The molecule has 4 atom stereocenters. The third-order valence-corrected chi connectivity index (χ3v) is 4.38. The molecule has 0 aromatic rings. The molecule has 1 amide bonds. The molecule has 0 saturated heterocycles. The highest BCUT2D eigenvalue weighted by molar-refractivity contribution is 5.86. The normalized spacial score (nSPS) is 31.6. The number of carbonyl (C=O) groups excluding carboxylic acids is 1. The summed E-state index contributed by atoms with van der Waals surface area (Å²) >= 11 is 0. The first-order valence-corrected chi connectivity index (χ1v) is 7.34. The summed E-state index contributed by atoms with van der Waals surface area (Å²) in [5.41, 5.74) is 0. The van der Waals surface area contributed by atoms with Crippen molar-refractivity contribution in [2.75, 3.05) is 6.54 Å². The van der Waals surface area contributed by atoms with Gasteiger partial charge in [-0.2, -0.15) is 0 Å². The van der Waals surface area contributed by atoms with Crippen molar-refractivity contribution in [3.8, 4) is 0 Å². The van der Waals surface area contributed by atoms with Crippen LogP contribution in [-0.4, -0.2) is 23.5 Å². The van der Waals surface area contributed by atoms with Gasteiger partial charge in [-0.05, 0) is 24.7 Å². The lowest BCUT2D eigenvalue weighted by atomic mass is 9.82. The molecule has 0 heterocycles. The maximum absolute atomic E-state index is 12.2. The molecule has 0 unspecified atom stereocenters. The lowest BCUT2D eigenvalue weighted by molar-refractivity contribution is -0.147. The number of carbonyl (C=O) groups is 2. The van der Waals surface area contributed by atoms with E-state index < -0.39 is 11.9 Å². The van der Waals surface area contributed by atoms with Crippen LogP contribution in [0.5, 0.6) is 0 Å². The number of carboxylic acids is 1. The molecule has 0 aliphatic heterocycles. The van der Waals surface area contributed by atoms with E-state index in [1.165, 1.54) is 12.8 Å². The van der Waals surface area contributed by atoms with Crippen LogP contribution in [0.25, 0.3) is 0 Å². The smallest absolute Gasteiger partial charge is 0.307 e. The Hall–Kier alpha value is -1.32. The Labute approximate surface area is 114 Å². The van der Waals surface area contributed by atoms with Crippen molar-refractivity contribution in [2.24, 2.45) is 23.7 Å². The van der Waals surface area contributed by atoms with E-state index in [2.05, 4.69) is 12.2 Å². The minimum absolute atomic E-state index is 0.0540. The SMILES string of the molecule is CCCCCCNC(=O)[C@@H]1[C@@H](C(=O)O)[C@@H]2C=C[C@@H]1C2. The second kappa shape index (κ2) is 6.22. The molecule has 2 aliphatic rings. The van der Waals surface area contributed by atoms with E-state index in [0.717, 1.165) is 19.3 Å². The third-order valence-electron chi connectivity index (χ3n) is 4.38. The van der Waals surface area contributed by atoms with Gasteiger partial charge in [0, 0.05) is 6.54 Å². The Morgan fingerprint density at radius 1 is 1.16 bits per heavy atom. The molecule has 19 heavy (non-hydrogen) atoms. The Morgan fingerprint density at radius 3 is 2.47 bits per heavy atom. The number of aliphatic carboxylic acids is 1. The summed E-state index contributed by atoms with van der Waals surface area (Å²) in [6.45, 7) is 2.82. The molecule has 1 fully saturated rings. The fourth-order valence-electron chi connectivity index (χ4n) is 3.40. The highest BCUT2D eigenvalue weighted by Gasteiger charge is 2.51. The number of carboxylic acid groups (broad SMARTS) is 1. The van der Waals surface area contributed by atoms with E-state index in [0.29, 0.717) is 6.54 Å². The van der Waals surface area contributed by atoms with Gasteiger partial charge in [0.1, 0.15) is 0 Å². The first-order chi connectivity index (χ1) is 9.15. The molecule has 2 rings (SSSR count). The minimum atomic E-state index is -0.831. The van der Waals surface area contributed by atoms with Crippen molar-refractivity contribution in [1.29, 1.82) is 0 Å². The summed E-state index contributed by atoms with van der Waals surface area (Å²) in [4.78, 5) is 23.5. The van der Waals surface area contributed by atoms with Gasteiger partial charge in [-0.3, -0.25) is 9.59 Å². The lowest BCUT2D eigenvalue weighted by Crippen LogP contribution is -2.40. The molecular weight excluding hydrogens is 242 g/mol. The average molecular weight is 265 g/mol. The second-order valence-electron chi connectivity index (χ2n) is 5.69. The zero-order chi connectivity index (χ0) is 13.8. The zero-order valence-corrected chi connectivity index (χ0v) is 11.5. The minimum Gasteiger partial charge on any atom is -0.481 e. The van der Waals surface area contributed by atoms with Crippen LogP contribution in [-0.2, 0) is 9.59 Å². The van der Waals surface area contributed by atoms with Crippen molar-refractivity contribution < 1.29 is 14.7 Å². The number of nitrogens with one attached hydrogen (secondary N) is 1. The Balaban J connectivity index is 1.84. The monoisotopic (exact) mass is 265 g/mol. The van der Waals surface area contributed by atoms with Crippen LogP contribution in [0.3, 0.4) is 0 Å². The summed E-state index contributed by atoms with van der Waals surface area (Å²) in [5.74, 6) is -1.60. The summed E-state index contributed by atoms with van der Waals surface area (Å²) in [6, 6.07) is 0. The van der Waals surface area contributed by atoms with Crippen molar-refractivity contribution >= 4 is 11.9 Å². The number of allylic oxidation sites excluding steroid dienone is 2. The Morgan fingerprint density at radius 2 is 1.84 bits per heavy atom. The van der Waals surface area contributed by atoms with Crippen LogP contribution in [0.4, 0.5) is 0 Å². The molecule has 4 heteroatoms. The Bertz CT molecular complexity index is 378. The largest absolute Gasteiger partial charge is 0.481 e. The molecule has 0 spiro atoms. The first-order valence-electron chi connectivity index (χ1n) is 7.34. The van der Waals surface area contributed by atoms with Crippen LogP contribution in [0, 0.1) is 23.7 Å². The maximum atomic E-state index is 12.2. The van der Waals surface area contributed by atoms with Crippen molar-refractivity contribution in [1.82, 2.24) is 5.32 Å². The number of amides is 1. The number of rotatable bonds is 7. The van der Waals surface area contributed by atoms with Crippen LogP contribution >= 0.6 is 0 Å². The van der Waals surface area contributed by atoms with Crippen molar-refractivity contribution in [2.45, 2.75) is 39.0 Å². The predicted octanol–water partition coefficient (Wildman–Crippen LogP) is 2.21. The van der Waals surface area contributed by atoms with E-state index in [1.807, 2.05) is 12.2 Å². The van der Waals surface area contributed by atoms with Gasteiger partial charge in [-0.15, -0.1) is 0 Å². The fraction of sp³-hybridized carbons (Fsp3) is 0.733. The molecule has 0 radical (unpaired) electrons. The molecule has 4 nitrogen and oxygen atoms in total. The van der Waals surface area contributed by atoms with Gasteiger partial charge < -0.3 is 10.4 Å². The van der Waals surface area contributed by atoms with Gasteiger partial charge in [0.05, 0.1) is 11.8 Å². The van der Waals surface area contributed by atoms with Gasteiger partial charge in [-0.25, -0.2) is 0 Å². The molecule has 2 aliphatic carbocycles. The molecule has 106 valence electrons. The Kier molecular flexibility index (Phi) is 4.61. The summed E-state index contributed by atoms with van der Waals surface area (Å²) in [5, 5.41) is 12.2. The van der Waals surface area contributed by atoms with E-state index in [9.17, 15) is 14.7 Å². The van der Waals surface area contributed by atoms with E-state index in [1.54, 1.807) is 0 Å². The number of fused-ring (bicyclic) bond motifs is 2. The fourth-order valence-corrected chi connectivity index (χ4v) is 3.40. The van der Waals surface area contributed by atoms with Crippen molar-refractivity contribution in [3.05, 3.63) is 12.2 Å². The standard InChI is InChI=1S/C15H23NO3/c1-2-3-4-5-8-16-14(17)12-10-6-7-11(9-10)13(12)15(18)19/h6-7,10-13H,2-5,8-9H2,1H3,(H,16,17)(H,18,19)/t10-,11-,12+,13+/m1/s1. The number of hydrogen-bond acceptors (Lipinski definition) is 2. The number of unbranched alkanes of at least 4 members (excludes halogenated alkanes) is 3. The van der Waals surface area contributed by atoms with Crippen LogP contribution in [0.15, 0.2) is 12.2 Å². The molecule has 2 bridgehead atoms. The molecule has 0 aromatic heterocycles. The van der Waals surface area contributed by atoms with Crippen LogP contribution in [0.1, 0.15) is 39.0 Å². The maximum Gasteiger partial charge on any atom is 0.307 e. The van der Waals surface area contributed by atoms with E-state index >= 15 is 0 Å². The summed E-state index contributed by atoms with van der Waals surface area (Å²) < 4.78 is 0. The van der Waals surface area contributed by atoms with Crippen LogP contribution < -0.4 is 5.32 Å². The third kappa shape index (κ3) is 2.99. The second-order valence-corrected chi connectivity index (χ2v) is 5.69. The molecule has 0 aromatic carbocycles. The van der Waals surface area contributed by atoms with Crippen molar-refractivity contribution in [3.63, 3.8) is 0 Å². The zero-order valence-electron chi connectivity index (χ0n) is 11.5. The molecule has 1 saturated carbocycles. The molecular formula is C15H23NO3.